The summed E-state index contributed by atoms with van der Waals surface area (Å²) >= 11 is 0. The lowest BCUT2D eigenvalue weighted by Gasteiger charge is -2.13. The number of carboxylic acids is 1. The number of hydrogen-bond donors (Lipinski definition) is 2. The molecule has 0 aromatic heterocycles. The molecule has 0 spiro atoms. The van der Waals surface area contributed by atoms with Gasteiger partial charge in [-0.3, -0.25) is 4.79 Å². The molecule has 1 aromatic carbocycles. The van der Waals surface area contributed by atoms with Gasteiger partial charge in [0.1, 0.15) is 0 Å². The van der Waals surface area contributed by atoms with Crippen molar-refractivity contribution in [3.8, 4) is 0 Å². The van der Waals surface area contributed by atoms with E-state index in [-0.39, 0.29) is 12.6 Å². The van der Waals surface area contributed by atoms with E-state index >= 15 is 0 Å². The van der Waals surface area contributed by atoms with Gasteiger partial charge in [0, 0.05) is 6.04 Å². The Hall–Kier alpha value is -1.35. The largest absolute Gasteiger partial charge is 0.480 e. The fraction of sp³-hybridized carbons (Fsp3) is 0.500. The second-order valence-corrected chi connectivity index (χ2v) is 4.78. The Balaban J connectivity index is 2.48. The zero-order chi connectivity index (χ0) is 12.8. The lowest BCUT2D eigenvalue weighted by Crippen LogP contribution is -2.32. The minimum atomic E-state index is -0.813. The molecule has 0 saturated heterocycles. The van der Waals surface area contributed by atoms with E-state index in [0.717, 1.165) is 6.42 Å². The topological polar surface area (TPSA) is 49.3 Å². The quantitative estimate of drug-likeness (QED) is 0.796. The standard InChI is InChI=1S/C14H21NO2/c1-10(2)13-6-4-12(5-7-13)8-11(3)15-9-14(16)17/h4-7,10-11,15H,8-9H2,1-3H3,(H,16,17). The fourth-order valence-electron chi connectivity index (χ4n) is 1.73. The smallest absolute Gasteiger partial charge is 0.317 e. The molecule has 2 N–H and O–H groups in total. The van der Waals surface area contributed by atoms with Crippen LogP contribution in [0.5, 0.6) is 0 Å². The summed E-state index contributed by atoms with van der Waals surface area (Å²) < 4.78 is 0. The Morgan fingerprint density at radius 1 is 1.24 bits per heavy atom. The average Bonchev–Trinajstić information content (AvgIpc) is 2.27. The van der Waals surface area contributed by atoms with E-state index in [1.165, 1.54) is 11.1 Å². The summed E-state index contributed by atoms with van der Waals surface area (Å²) in [4.78, 5) is 10.4. The van der Waals surface area contributed by atoms with Crippen LogP contribution in [0.2, 0.25) is 0 Å². The highest BCUT2D eigenvalue weighted by molar-refractivity contribution is 5.69. The fourth-order valence-corrected chi connectivity index (χ4v) is 1.73. The van der Waals surface area contributed by atoms with Gasteiger partial charge in [0.15, 0.2) is 0 Å². The summed E-state index contributed by atoms with van der Waals surface area (Å²) in [5.41, 5.74) is 2.57. The van der Waals surface area contributed by atoms with Crippen LogP contribution >= 0.6 is 0 Å². The highest BCUT2D eigenvalue weighted by atomic mass is 16.4. The van der Waals surface area contributed by atoms with Crippen LogP contribution in [0.15, 0.2) is 24.3 Å². The summed E-state index contributed by atoms with van der Waals surface area (Å²) in [6.45, 7) is 6.36. The maximum Gasteiger partial charge on any atom is 0.317 e. The van der Waals surface area contributed by atoms with Gasteiger partial charge in [-0.1, -0.05) is 38.1 Å². The lowest BCUT2D eigenvalue weighted by molar-refractivity contribution is -0.136. The van der Waals surface area contributed by atoms with Crippen LogP contribution in [0.4, 0.5) is 0 Å². The molecule has 3 heteroatoms. The van der Waals surface area contributed by atoms with Gasteiger partial charge in [-0.05, 0) is 30.4 Å². The van der Waals surface area contributed by atoms with Crippen molar-refractivity contribution in [2.75, 3.05) is 6.54 Å². The predicted molar refractivity (Wildman–Crippen MR) is 69.3 cm³/mol. The van der Waals surface area contributed by atoms with Gasteiger partial charge in [-0.15, -0.1) is 0 Å². The predicted octanol–water partition coefficient (Wildman–Crippen LogP) is 2.42. The molecular formula is C14H21NO2. The molecule has 3 nitrogen and oxygen atoms in total. The third kappa shape index (κ3) is 5.00. The number of benzene rings is 1. The van der Waals surface area contributed by atoms with E-state index in [9.17, 15) is 4.79 Å². The second kappa shape index (κ2) is 6.40. The first-order valence-corrected chi connectivity index (χ1v) is 6.03. The molecule has 0 radical (unpaired) electrons. The van der Waals surface area contributed by atoms with Gasteiger partial charge in [0.2, 0.25) is 0 Å². The van der Waals surface area contributed by atoms with Crippen LogP contribution in [0.3, 0.4) is 0 Å². The maximum absolute atomic E-state index is 10.4. The molecule has 1 atom stereocenters. The molecule has 0 aliphatic rings. The molecule has 0 bridgehead atoms. The van der Waals surface area contributed by atoms with Gasteiger partial charge in [0.05, 0.1) is 6.54 Å². The van der Waals surface area contributed by atoms with Gasteiger partial charge in [-0.25, -0.2) is 0 Å². The van der Waals surface area contributed by atoms with Crippen LogP contribution in [0.1, 0.15) is 37.8 Å². The molecule has 1 aromatic rings. The average molecular weight is 235 g/mol. The molecule has 0 heterocycles. The molecule has 0 fully saturated rings. The highest BCUT2D eigenvalue weighted by Gasteiger charge is 2.05. The number of hydrogen-bond acceptors (Lipinski definition) is 2. The van der Waals surface area contributed by atoms with E-state index in [4.69, 9.17) is 5.11 Å². The minimum Gasteiger partial charge on any atom is -0.480 e. The first-order valence-electron chi connectivity index (χ1n) is 6.03. The summed E-state index contributed by atoms with van der Waals surface area (Å²) in [5, 5.41) is 11.5. The molecule has 0 saturated carbocycles. The van der Waals surface area contributed by atoms with E-state index in [2.05, 4.69) is 43.4 Å². The van der Waals surface area contributed by atoms with Gasteiger partial charge < -0.3 is 10.4 Å². The summed E-state index contributed by atoms with van der Waals surface area (Å²) in [7, 11) is 0. The number of rotatable bonds is 6. The summed E-state index contributed by atoms with van der Waals surface area (Å²) in [6, 6.07) is 8.70. The van der Waals surface area contributed by atoms with Crippen LogP contribution in [0, 0.1) is 0 Å². The van der Waals surface area contributed by atoms with E-state index in [1.54, 1.807) is 0 Å². The SMILES string of the molecule is CC(Cc1ccc(C(C)C)cc1)NCC(=O)O. The Morgan fingerprint density at radius 2 is 1.82 bits per heavy atom. The molecule has 1 unspecified atom stereocenters. The van der Waals surface area contributed by atoms with Crippen molar-refractivity contribution in [3.05, 3.63) is 35.4 Å². The maximum atomic E-state index is 10.4. The molecule has 1 rings (SSSR count). The molecule has 0 aliphatic carbocycles. The molecule has 94 valence electrons. The monoisotopic (exact) mass is 235 g/mol. The zero-order valence-electron chi connectivity index (χ0n) is 10.7. The number of carbonyl (C=O) groups is 1. The van der Waals surface area contributed by atoms with Gasteiger partial charge in [-0.2, -0.15) is 0 Å². The second-order valence-electron chi connectivity index (χ2n) is 4.78. The first-order chi connectivity index (χ1) is 7.99. The third-order valence-corrected chi connectivity index (χ3v) is 2.79. The van der Waals surface area contributed by atoms with E-state index in [0.29, 0.717) is 5.92 Å². The van der Waals surface area contributed by atoms with Crippen molar-refractivity contribution in [3.63, 3.8) is 0 Å². The summed E-state index contributed by atoms with van der Waals surface area (Å²) in [6.07, 6.45) is 0.853. The van der Waals surface area contributed by atoms with E-state index in [1.807, 2.05) is 6.92 Å². The van der Waals surface area contributed by atoms with Crippen molar-refractivity contribution >= 4 is 5.97 Å². The number of aliphatic carboxylic acids is 1. The van der Waals surface area contributed by atoms with Crippen LogP contribution in [0.25, 0.3) is 0 Å². The van der Waals surface area contributed by atoms with Crippen molar-refractivity contribution in [1.29, 1.82) is 0 Å². The number of carboxylic acid groups (broad SMARTS) is 1. The molecular weight excluding hydrogens is 214 g/mol. The third-order valence-electron chi connectivity index (χ3n) is 2.79. The molecule has 0 amide bonds. The van der Waals surface area contributed by atoms with Crippen molar-refractivity contribution in [1.82, 2.24) is 5.32 Å². The van der Waals surface area contributed by atoms with E-state index < -0.39 is 5.97 Å². The number of nitrogens with one attached hydrogen (secondary N) is 1. The normalized spacial score (nSPS) is 12.7. The Bertz CT molecular complexity index is 357. The van der Waals surface area contributed by atoms with Crippen LogP contribution < -0.4 is 5.32 Å². The zero-order valence-corrected chi connectivity index (χ0v) is 10.7. The summed E-state index contributed by atoms with van der Waals surface area (Å²) in [5.74, 6) is -0.265. The highest BCUT2D eigenvalue weighted by Crippen LogP contribution is 2.15. The Morgan fingerprint density at radius 3 is 2.29 bits per heavy atom. The van der Waals surface area contributed by atoms with Crippen LogP contribution in [-0.4, -0.2) is 23.7 Å². The van der Waals surface area contributed by atoms with Gasteiger partial charge in [0.25, 0.3) is 0 Å². The van der Waals surface area contributed by atoms with Crippen molar-refractivity contribution in [2.24, 2.45) is 0 Å². The first kappa shape index (κ1) is 13.7. The van der Waals surface area contributed by atoms with Crippen molar-refractivity contribution < 1.29 is 9.90 Å². The lowest BCUT2D eigenvalue weighted by atomic mass is 9.99. The van der Waals surface area contributed by atoms with Crippen LogP contribution in [-0.2, 0) is 11.2 Å². The van der Waals surface area contributed by atoms with Gasteiger partial charge >= 0.3 is 5.97 Å². The Labute approximate surface area is 103 Å². The minimum absolute atomic E-state index is 0.0191. The Kier molecular flexibility index (Phi) is 5.16. The molecule has 0 aliphatic heterocycles. The van der Waals surface area contributed by atoms with Crippen molar-refractivity contribution in [2.45, 2.75) is 39.2 Å². The molecule has 17 heavy (non-hydrogen) atoms.